The standard InChI is InChI=1S/C15H19N5O11P2S/c16-15-17-12-9(13(23)18-15)19(4-7-2-1-3-34-7)6-20(12)14-11(22)10(21)8(30-14)5-29-33(27,28)31-32(24,25)26/h1-3,6,8,10-11,14,21-22H,4-5H2,(H5-,16,17,18,23,24,25,26,27,28)/p+1/t8-,10-,11-,14-/m1/s1. The van der Waals surface area contributed by atoms with E-state index in [1.54, 1.807) is 4.57 Å². The van der Waals surface area contributed by atoms with Crippen molar-refractivity contribution in [3.05, 3.63) is 39.1 Å². The molecule has 1 aliphatic rings. The van der Waals surface area contributed by atoms with Crippen LogP contribution in [-0.4, -0.2) is 64.3 Å². The van der Waals surface area contributed by atoms with E-state index in [1.165, 1.54) is 22.2 Å². The lowest BCUT2D eigenvalue weighted by Gasteiger charge is -2.17. The number of aromatic nitrogens is 4. The van der Waals surface area contributed by atoms with Gasteiger partial charge in [0.25, 0.3) is 11.5 Å². The Bertz CT molecular complexity index is 1340. The number of hydrogen-bond acceptors (Lipinski definition) is 11. The first kappa shape index (κ1) is 25.1. The first-order chi connectivity index (χ1) is 15.8. The van der Waals surface area contributed by atoms with Crippen LogP contribution in [-0.2, 0) is 29.2 Å². The molecular formula is C15H20N5O11P2S+. The number of nitrogens with one attached hydrogen (secondary N) is 1. The van der Waals surface area contributed by atoms with E-state index in [4.69, 9.17) is 20.3 Å². The number of aliphatic hydroxyl groups is 2. The summed E-state index contributed by atoms with van der Waals surface area (Å²) in [6, 6.07) is 3.69. The number of phosphoric ester groups is 1. The molecule has 0 aliphatic carbocycles. The molecule has 34 heavy (non-hydrogen) atoms. The van der Waals surface area contributed by atoms with Crippen LogP contribution in [0.15, 0.2) is 28.6 Å². The van der Waals surface area contributed by atoms with Crippen LogP contribution >= 0.6 is 27.0 Å². The van der Waals surface area contributed by atoms with Gasteiger partial charge in [0.05, 0.1) is 6.61 Å². The Hall–Kier alpha value is -2.01. The highest BCUT2D eigenvalue weighted by Gasteiger charge is 2.48. The largest absolute Gasteiger partial charge is 0.481 e. The van der Waals surface area contributed by atoms with E-state index in [0.717, 1.165) is 4.88 Å². The van der Waals surface area contributed by atoms with Gasteiger partial charge in [-0.15, -0.1) is 11.3 Å². The van der Waals surface area contributed by atoms with E-state index in [9.17, 15) is 29.0 Å². The fourth-order valence-electron chi connectivity index (χ4n) is 3.47. The Labute approximate surface area is 193 Å². The van der Waals surface area contributed by atoms with E-state index in [2.05, 4.69) is 18.8 Å². The van der Waals surface area contributed by atoms with Crippen LogP contribution in [0.5, 0.6) is 0 Å². The monoisotopic (exact) mass is 540 g/mol. The average molecular weight is 540 g/mol. The summed E-state index contributed by atoms with van der Waals surface area (Å²) in [5.41, 5.74) is 5.27. The van der Waals surface area contributed by atoms with Crippen LogP contribution in [0.25, 0.3) is 11.2 Å². The van der Waals surface area contributed by atoms with Crippen molar-refractivity contribution in [1.29, 1.82) is 0 Å². The number of nitrogens with two attached hydrogens (primary N) is 1. The lowest BCUT2D eigenvalue weighted by Crippen LogP contribution is -2.46. The number of phosphoric acid groups is 2. The number of hydrogen-bond donors (Lipinski definition) is 7. The van der Waals surface area contributed by atoms with Gasteiger partial charge in [0, 0.05) is 4.88 Å². The summed E-state index contributed by atoms with van der Waals surface area (Å²) in [6.45, 7) is -0.589. The van der Waals surface area contributed by atoms with Crippen LogP contribution in [0.4, 0.5) is 5.95 Å². The van der Waals surface area contributed by atoms with Crippen LogP contribution in [0, 0.1) is 0 Å². The molecule has 19 heteroatoms. The predicted molar refractivity (Wildman–Crippen MR) is 113 cm³/mol. The Balaban J connectivity index is 1.63. The molecule has 8 N–H and O–H groups in total. The number of H-pyrrole nitrogens is 1. The molecule has 1 fully saturated rings. The zero-order valence-corrected chi connectivity index (χ0v) is 19.5. The lowest BCUT2D eigenvalue weighted by molar-refractivity contribution is -0.745. The topological polar surface area (TPSA) is 244 Å². The minimum atomic E-state index is -5.34. The van der Waals surface area contributed by atoms with Gasteiger partial charge in [0.2, 0.25) is 11.7 Å². The maximum atomic E-state index is 12.6. The molecule has 5 atom stereocenters. The van der Waals surface area contributed by atoms with E-state index in [0.29, 0.717) is 0 Å². The van der Waals surface area contributed by atoms with Crippen LogP contribution in [0.1, 0.15) is 11.1 Å². The second-order valence-electron chi connectivity index (χ2n) is 7.24. The van der Waals surface area contributed by atoms with Gasteiger partial charge in [0.1, 0.15) is 24.9 Å². The van der Waals surface area contributed by atoms with Crippen molar-refractivity contribution in [3.63, 3.8) is 0 Å². The smallest absolute Gasteiger partial charge is 0.387 e. The molecule has 186 valence electrons. The zero-order chi connectivity index (χ0) is 24.8. The van der Waals surface area contributed by atoms with Crippen molar-refractivity contribution in [1.82, 2.24) is 14.5 Å². The number of rotatable bonds is 8. The number of nitrogen functional groups attached to an aromatic ring is 1. The van der Waals surface area contributed by atoms with Crippen molar-refractivity contribution in [2.24, 2.45) is 0 Å². The minimum Gasteiger partial charge on any atom is -0.387 e. The molecule has 0 spiro atoms. The molecular weight excluding hydrogens is 520 g/mol. The third kappa shape index (κ3) is 5.30. The van der Waals surface area contributed by atoms with Crippen molar-refractivity contribution < 1.29 is 52.2 Å². The van der Waals surface area contributed by atoms with Crippen molar-refractivity contribution >= 4 is 44.1 Å². The summed E-state index contributed by atoms with van der Waals surface area (Å²) in [5, 5.41) is 22.8. The molecule has 4 rings (SSSR count). The number of anilines is 1. The minimum absolute atomic E-state index is 0.0355. The van der Waals surface area contributed by atoms with Crippen molar-refractivity contribution in [3.8, 4) is 0 Å². The van der Waals surface area contributed by atoms with Gasteiger partial charge in [-0.05, 0) is 11.4 Å². The number of thiophene rings is 1. The summed E-state index contributed by atoms with van der Waals surface area (Å²) < 4.78 is 39.0. The fraction of sp³-hybridized carbons (Fsp3) is 0.400. The van der Waals surface area contributed by atoms with E-state index < -0.39 is 52.4 Å². The Morgan fingerprint density at radius 3 is 2.68 bits per heavy atom. The molecule has 0 bridgehead atoms. The number of aliphatic hydroxyl groups excluding tert-OH is 2. The average Bonchev–Trinajstić information content (AvgIpc) is 3.39. The SMILES string of the molecule is Nc1nc2c(c(=O)[nH]1)n(Cc1cccs1)c[n+]2[C@@H]1O[C@H](COP(=O)(O)OP(=O)(O)O)[C@@H](O)[C@H]1O. The third-order valence-electron chi connectivity index (χ3n) is 4.82. The van der Waals surface area contributed by atoms with E-state index in [1.807, 2.05) is 17.5 Å². The maximum absolute atomic E-state index is 12.6. The summed E-state index contributed by atoms with van der Waals surface area (Å²) in [5.74, 6) is -0.205. The highest BCUT2D eigenvalue weighted by atomic mass is 32.1. The highest BCUT2D eigenvalue weighted by molar-refractivity contribution is 7.60. The van der Waals surface area contributed by atoms with Crippen molar-refractivity contribution in [2.75, 3.05) is 12.3 Å². The molecule has 0 radical (unpaired) electrons. The number of fused-ring (bicyclic) bond motifs is 1. The second kappa shape index (κ2) is 9.22. The Kier molecular flexibility index (Phi) is 6.80. The van der Waals surface area contributed by atoms with Gasteiger partial charge < -0.3 is 35.4 Å². The number of nitrogens with zero attached hydrogens (tertiary/aromatic N) is 3. The molecule has 4 heterocycles. The van der Waals surface area contributed by atoms with Crippen LogP contribution < -0.4 is 15.9 Å². The summed E-state index contributed by atoms with van der Waals surface area (Å²) >= 11 is 1.45. The van der Waals surface area contributed by atoms with Crippen LogP contribution in [0.3, 0.4) is 0 Å². The lowest BCUT2D eigenvalue weighted by atomic mass is 10.1. The van der Waals surface area contributed by atoms with Gasteiger partial charge in [0.15, 0.2) is 6.33 Å². The zero-order valence-electron chi connectivity index (χ0n) is 16.9. The van der Waals surface area contributed by atoms with Gasteiger partial charge in [-0.25, -0.2) is 13.7 Å². The number of aromatic amines is 1. The van der Waals surface area contributed by atoms with Crippen LogP contribution in [0.2, 0.25) is 0 Å². The Morgan fingerprint density at radius 2 is 2.03 bits per heavy atom. The normalized spacial score (nSPS) is 25.1. The van der Waals surface area contributed by atoms with Gasteiger partial charge >= 0.3 is 21.3 Å². The molecule has 1 saturated heterocycles. The molecule has 0 saturated carbocycles. The van der Waals surface area contributed by atoms with Gasteiger partial charge in [-0.3, -0.25) is 18.9 Å². The first-order valence-corrected chi connectivity index (χ1v) is 13.3. The molecule has 3 aromatic heterocycles. The second-order valence-corrected chi connectivity index (χ2v) is 11.1. The molecule has 16 nitrogen and oxygen atoms in total. The highest BCUT2D eigenvalue weighted by Crippen LogP contribution is 2.57. The third-order valence-corrected chi connectivity index (χ3v) is 7.83. The number of ether oxygens (including phenoxy) is 1. The Morgan fingerprint density at radius 1 is 1.29 bits per heavy atom. The molecule has 1 aliphatic heterocycles. The predicted octanol–water partition coefficient (Wildman–Crippen LogP) is -1.45. The molecule has 0 aromatic carbocycles. The van der Waals surface area contributed by atoms with Crippen molar-refractivity contribution in [2.45, 2.75) is 31.1 Å². The molecule has 1 unspecified atom stereocenters. The number of imidazole rings is 1. The van der Waals surface area contributed by atoms with E-state index >= 15 is 0 Å². The maximum Gasteiger partial charge on any atom is 0.481 e. The van der Waals surface area contributed by atoms with Gasteiger partial charge in [-0.2, -0.15) is 4.31 Å². The first-order valence-electron chi connectivity index (χ1n) is 9.42. The summed E-state index contributed by atoms with van der Waals surface area (Å²) in [7, 11) is -10.5. The molecule has 3 aromatic rings. The summed E-state index contributed by atoms with van der Waals surface area (Å²) in [6.07, 6.45) is -4.57. The fourth-order valence-corrected chi connectivity index (χ4v) is 5.77. The quantitative estimate of drug-likeness (QED) is 0.128. The van der Waals surface area contributed by atoms with E-state index in [-0.39, 0.29) is 23.7 Å². The molecule has 0 amide bonds. The summed E-state index contributed by atoms with van der Waals surface area (Å²) in [4.78, 5) is 46.8. The van der Waals surface area contributed by atoms with Gasteiger partial charge in [-0.1, -0.05) is 11.1 Å².